The SMILES string of the molecule is Clc1nc2ccccc2cc1-c1ccc2ccccc2c1. The van der Waals surface area contributed by atoms with Gasteiger partial charge < -0.3 is 0 Å². The van der Waals surface area contributed by atoms with Crippen molar-refractivity contribution < 1.29 is 0 Å². The predicted molar refractivity (Wildman–Crippen MR) is 89.7 cm³/mol. The molecule has 21 heavy (non-hydrogen) atoms. The lowest BCUT2D eigenvalue weighted by Crippen LogP contribution is -1.86. The maximum atomic E-state index is 6.38. The Morgan fingerprint density at radius 3 is 2.24 bits per heavy atom. The van der Waals surface area contributed by atoms with Crippen LogP contribution in [0, 0.1) is 0 Å². The van der Waals surface area contributed by atoms with Crippen LogP contribution in [0.3, 0.4) is 0 Å². The largest absolute Gasteiger partial charge is 0.235 e. The highest BCUT2D eigenvalue weighted by molar-refractivity contribution is 6.32. The molecule has 0 saturated carbocycles. The van der Waals surface area contributed by atoms with Crippen LogP contribution >= 0.6 is 11.6 Å². The molecule has 0 amide bonds. The molecule has 0 aliphatic carbocycles. The lowest BCUT2D eigenvalue weighted by Gasteiger charge is -2.08. The fourth-order valence-electron chi connectivity index (χ4n) is 2.65. The minimum atomic E-state index is 0.545. The van der Waals surface area contributed by atoms with E-state index >= 15 is 0 Å². The average molecular weight is 290 g/mol. The maximum absolute atomic E-state index is 6.38. The Balaban J connectivity index is 1.96. The number of para-hydroxylation sites is 1. The molecule has 1 nitrogen and oxygen atoms in total. The van der Waals surface area contributed by atoms with Crippen molar-refractivity contribution in [2.24, 2.45) is 0 Å². The van der Waals surface area contributed by atoms with Gasteiger partial charge in [-0.05, 0) is 34.5 Å². The summed E-state index contributed by atoms with van der Waals surface area (Å²) in [6.45, 7) is 0. The van der Waals surface area contributed by atoms with Crippen LogP contribution in [0.15, 0.2) is 72.8 Å². The van der Waals surface area contributed by atoms with Crippen LogP contribution in [0.1, 0.15) is 0 Å². The van der Waals surface area contributed by atoms with Crippen LogP contribution in [0.4, 0.5) is 0 Å². The van der Waals surface area contributed by atoms with E-state index in [1.807, 2.05) is 30.3 Å². The third-order valence-corrected chi connectivity index (χ3v) is 4.03. The molecule has 0 spiro atoms. The Hall–Kier alpha value is -2.38. The number of hydrogen-bond acceptors (Lipinski definition) is 1. The van der Waals surface area contributed by atoms with Crippen LogP contribution in [-0.4, -0.2) is 4.98 Å². The second kappa shape index (κ2) is 4.87. The zero-order valence-electron chi connectivity index (χ0n) is 11.3. The van der Waals surface area contributed by atoms with Crippen molar-refractivity contribution in [1.82, 2.24) is 4.98 Å². The standard InChI is InChI=1S/C19H12ClN/c20-19-17(12-16-7-3-4-8-18(16)21-19)15-10-9-13-5-1-2-6-14(13)11-15/h1-12H. The van der Waals surface area contributed by atoms with E-state index in [-0.39, 0.29) is 0 Å². The summed E-state index contributed by atoms with van der Waals surface area (Å²) >= 11 is 6.38. The van der Waals surface area contributed by atoms with Crippen molar-refractivity contribution in [2.45, 2.75) is 0 Å². The van der Waals surface area contributed by atoms with Gasteiger partial charge in [-0.1, -0.05) is 66.2 Å². The van der Waals surface area contributed by atoms with Gasteiger partial charge in [0.25, 0.3) is 0 Å². The average Bonchev–Trinajstić information content (AvgIpc) is 2.54. The van der Waals surface area contributed by atoms with Crippen LogP contribution in [0.25, 0.3) is 32.8 Å². The molecule has 0 fully saturated rings. The van der Waals surface area contributed by atoms with Crippen molar-refractivity contribution >= 4 is 33.3 Å². The molecular formula is C19H12ClN. The number of hydrogen-bond donors (Lipinski definition) is 0. The van der Waals surface area contributed by atoms with Crippen LogP contribution in [0.5, 0.6) is 0 Å². The van der Waals surface area contributed by atoms with E-state index in [0.29, 0.717) is 5.15 Å². The normalized spacial score (nSPS) is 11.1. The van der Waals surface area contributed by atoms with Crippen molar-refractivity contribution in [1.29, 1.82) is 0 Å². The molecule has 4 rings (SSSR count). The summed E-state index contributed by atoms with van der Waals surface area (Å²) in [7, 11) is 0. The van der Waals surface area contributed by atoms with Crippen molar-refractivity contribution in [2.75, 3.05) is 0 Å². The topological polar surface area (TPSA) is 12.9 Å². The summed E-state index contributed by atoms with van der Waals surface area (Å²) < 4.78 is 0. The molecule has 1 heterocycles. The molecule has 0 N–H and O–H groups in total. The molecule has 1 aromatic heterocycles. The fraction of sp³-hybridized carbons (Fsp3) is 0. The van der Waals surface area contributed by atoms with Gasteiger partial charge in [0, 0.05) is 10.9 Å². The first-order valence-electron chi connectivity index (χ1n) is 6.86. The summed E-state index contributed by atoms with van der Waals surface area (Å²) in [5.74, 6) is 0. The summed E-state index contributed by atoms with van der Waals surface area (Å²) in [6.07, 6.45) is 0. The third kappa shape index (κ3) is 2.16. The van der Waals surface area contributed by atoms with Crippen molar-refractivity contribution in [3.8, 4) is 11.1 Å². The lowest BCUT2D eigenvalue weighted by atomic mass is 10.0. The van der Waals surface area contributed by atoms with Crippen molar-refractivity contribution in [3.63, 3.8) is 0 Å². The molecule has 0 aliphatic rings. The molecule has 0 saturated heterocycles. The Morgan fingerprint density at radius 2 is 1.38 bits per heavy atom. The van der Waals surface area contributed by atoms with Gasteiger partial charge in [0.2, 0.25) is 0 Å². The minimum Gasteiger partial charge on any atom is -0.235 e. The van der Waals surface area contributed by atoms with E-state index in [1.54, 1.807) is 0 Å². The number of aromatic nitrogens is 1. The molecule has 2 heteroatoms. The zero-order valence-corrected chi connectivity index (χ0v) is 12.0. The molecule has 0 bridgehead atoms. The van der Waals surface area contributed by atoms with Crippen LogP contribution in [-0.2, 0) is 0 Å². The molecular weight excluding hydrogens is 278 g/mol. The second-order valence-electron chi connectivity index (χ2n) is 5.08. The van der Waals surface area contributed by atoms with E-state index in [9.17, 15) is 0 Å². The monoisotopic (exact) mass is 289 g/mol. The quantitative estimate of drug-likeness (QED) is 0.409. The van der Waals surface area contributed by atoms with Crippen LogP contribution < -0.4 is 0 Å². The molecule has 0 unspecified atom stereocenters. The molecule has 0 aliphatic heterocycles. The highest BCUT2D eigenvalue weighted by atomic mass is 35.5. The smallest absolute Gasteiger partial charge is 0.137 e. The lowest BCUT2D eigenvalue weighted by molar-refractivity contribution is 1.41. The van der Waals surface area contributed by atoms with E-state index in [2.05, 4.69) is 47.4 Å². The summed E-state index contributed by atoms with van der Waals surface area (Å²) in [5.41, 5.74) is 2.99. The van der Waals surface area contributed by atoms with Gasteiger partial charge in [-0.2, -0.15) is 0 Å². The summed E-state index contributed by atoms with van der Waals surface area (Å²) in [5, 5.41) is 4.08. The van der Waals surface area contributed by atoms with Crippen LogP contribution in [0.2, 0.25) is 5.15 Å². The van der Waals surface area contributed by atoms with E-state index in [0.717, 1.165) is 22.0 Å². The second-order valence-corrected chi connectivity index (χ2v) is 5.44. The van der Waals surface area contributed by atoms with Gasteiger partial charge in [-0.25, -0.2) is 4.98 Å². The number of rotatable bonds is 1. The summed E-state index contributed by atoms with van der Waals surface area (Å²) in [4.78, 5) is 4.50. The van der Waals surface area contributed by atoms with E-state index in [4.69, 9.17) is 11.6 Å². The Bertz CT molecular complexity index is 960. The first kappa shape index (κ1) is 12.4. The van der Waals surface area contributed by atoms with Gasteiger partial charge in [-0.15, -0.1) is 0 Å². The Labute approximate surface area is 127 Å². The predicted octanol–water partition coefficient (Wildman–Crippen LogP) is 5.71. The third-order valence-electron chi connectivity index (χ3n) is 3.74. The molecule has 3 aromatic carbocycles. The minimum absolute atomic E-state index is 0.545. The van der Waals surface area contributed by atoms with E-state index < -0.39 is 0 Å². The molecule has 100 valence electrons. The zero-order chi connectivity index (χ0) is 14.2. The molecule has 0 atom stereocenters. The van der Waals surface area contributed by atoms with E-state index in [1.165, 1.54) is 10.8 Å². The van der Waals surface area contributed by atoms with Gasteiger partial charge in [-0.3, -0.25) is 0 Å². The molecule has 0 radical (unpaired) electrons. The number of halogens is 1. The number of benzene rings is 3. The van der Waals surface area contributed by atoms with Gasteiger partial charge >= 0.3 is 0 Å². The number of fused-ring (bicyclic) bond motifs is 2. The summed E-state index contributed by atoms with van der Waals surface area (Å²) in [6, 6.07) is 24.8. The number of nitrogens with zero attached hydrogens (tertiary/aromatic N) is 1. The number of pyridine rings is 1. The first-order valence-corrected chi connectivity index (χ1v) is 7.23. The van der Waals surface area contributed by atoms with Gasteiger partial charge in [0.05, 0.1) is 5.52 Å². The first-order chi connectivity index (χ1) is 10.3. The highest BCUT2D eigenvalue weighted by Crippen LogP contribution is 2.31. The maximum Gasteiger partial charge on any atom is 0.137 e. The Morgan fingerprint density at radius 1 is 0.667 bits per heavy atom. The highest BCUT2D eigenvalue weighted by Gasteiger charge is 2.07. The fourth-order valence-corrected chi connectivity index (χ4v) is 2.91. The Kier molecular flexibility index (Phi) is 2.87. The van der Waals surface area contributed by atoms with Gasteiger partial charge in [0.15, 0.2) is 0 Å². The molecule has 4 aromatic rings. The van der Waals surface area contributed by atoms with Gasteiger partial charge in [0.1, 0.15) is 5.15 Å². The van der Waals surface area contributed by atoms with Crippen molar-refractivity contribution in [3.05, 3.63) is 77.9 Å².